The lowest BCUT2D eigenvalue weighted by atomic mass is 9.92. The number of amides is 1. The van der Waals surface area contributed by atoms with Gasteiger partial charge in [-0.25, -0.2) is 4.39 Å². The van der Waals surface area contributed by atoms with Crippen molar-refractivity contribution in [2.24, 2.45) is 0 Å². The van der Waals surface area contributed by atoms with Crippen molar-refractivity contribution < 1.29 is 19.1 Å². The molecule has 5 rings (SSSR count). The molecular weight excluding hydrogens is 491 g/mol. The van der Waals surface area contributed by atoms with Crippen molar-refractivity contribution in [2.45, 2.75) is 50.7 Å². The van der Waals surface area contributed by atoms with E-state index in [9.17, 15) is 19.1 Å². The Hall–Kier alpha value is -4.16. The number of Topliss-reactive ketones (excluding diaryl/α,β-unsaturated/α-hetero) is 1. The molecule has 1 fully saturated rings. The minimum atomic E-state index is -1.72. The molecule has 4 aromatic rings. The third-order valence-corrected chi connectivity index (χ3v) is 7.11. The molecule has 0 radical (unpaired) electrons. The summed E-state index contributed by atoms with van der Waals surface area (Å²) in [6, 6.07) is 23.5. The third kappa shape index (κ3) is 6.13. The Morgan fingerprint density at radius 1 is 1.03 bits per heavy atom. The number of allylic oxidation sites excluding steroid dienone is 1. The lowest BCUT2D eigenvalue weighted by Gasteiger charge is -2.17. The molecule has 198 valence electrons. The zero-order valence-electron chi connectivity index (χ0n) is 21.8. The van der Waals surface area contributed by atoms with Gasteiger partial charge in [-0.15, -0.1) is 0 Å². The van der Waals surface area contributed by atoms with Crippen LogP contribution in [0, 0.1) is 5.82 Å². The number of hydrogen-bond acceptors (Lipinski definition) is 4. The summed E-state index contributed by atoms with van der Waals surface area (Å²) in [5.74, 6) is -1.16. The summed E-state index contributed by atoms with van der Waals surface area (Å²) in [7, 11) is 0. The summed E-state index contributed by atoms with van der Waals surface area (Å²) in [5.41, 5.74) is 5.63. The maximum absolute atomic E-state index is 13.7. The first kappa shape index (κ1) is 26.4. The summed E-state index contributed by atoms with van der Waals surface area (Å²) in [5, 5.41) is 14.0. The van der Waals surface area contributed by atoms with Gasteiger partial charge in [-0.3, -0.25) is 14.6 Å². The summed E-state index contributed by atoms with van der Waals surface area (Å²) < 4.78 is 13.7. The first-order valence-electron chi connectivity index (χ1n) is 13.3. The number of pyridine rings is 1. The number of aliphatic hydroxyl groups excluding tert-OH is 1. The average Bonchev–Trinajstić information content (AvgIpc) is 3.81. The van der Waals surface area contributed by atoms with Gasteiger partial charge in [-0.2, -0.15) is 0 Å². The number of fused-ring (bicyclic) bond motifs is 1. The van der Waals surface area contributed by atoms with E-state index in [4.69, 9.17) is 4.98 Å². The Morgan fingerprint density at radius 2 is 1.72 bits per heavy atom. The zero-order chi connectivity index (χ0) is 27.4. The van der Waals surface area contributed by atoms with Crippen LogP contribution >= 0.6 is 0 Å². The SMILES string of the molecule is C[C@H](NC(=O)C(O)C(=O)CCC=Cc1c(C2CC2)nc2ccccc2c1-c1ccc(F)cc1)c1ccccc1. The fourth-order valence-corrected chi connectivity index (χ4v) is 4.84. The van der Waals surface area contributed by atoms with Crippen LogP contribution < -0.4 is 5.32 Å². The van der Waals surface area contributed by atoms with E-state index < -0.39 is 17.8 Å². The van der Waals surface area contributed by atoms with Crippen LogP contribution in [-0.4, -0.2) is 27.9 Å². The molecule has 1 aromatic heterocycles. The third-order valence-electron chi connectivity index (χ3n) is 7.11. The fourth-order valence-electron chi connectivity index (χ4n) is 4.84. The molecule has 2 atom stereocenters. The molecular formula is C33H31FN2O3. The van der Waals surface area contributed by atoms with E-state index in [0.717, 1.165) is 51.7 Å². The number of halogens is 1. The van der Waals surface area contributed by atoms with Gasteiger partial charge in [-0.1, -0.05) is 72.8 Å². The van der Waals surface area contributed by atoms with Crippen LogP contribution in [0.2, 0.25) is 0 Å². The number of para-hydroxylation sites is 1. The molecule has 0 bridgehead atoms. The van der Waals surface area contributed by atoms with Crippen LogP contribution in [0.3, 0.4) is 0 Å². The molecule has 2 N–H and O–H groups in total. The topological polar surface area (TPSA) is 79.3 Å². The summed E-state index contributed by atoms with van der Waals surface area (Å²) in [6.45, 7) is 1.81. The van der Waals surface area contributed by atoms with Crippen LogP contribution in [0.5, 0.6) is 0 Å². The highest BCUT2D eigenvalue weighted by molar-refractivity contribution is 6.04. The number of rotatable bonds is 10. The second kappa shape index (κ2) is 11.7. The number of ketones is 1. The average molecular weight is 523 g/mol. The van der Waals surface area contributed by atoms with Gasteiger partial charge in [0, 0.05) is 28.9 Å². The van der Waals surface area contributed by atoms with Gasteiger partial charge in [0.2, 0.25) is 0 Å². The molecule has 6 heteroatoms. The van der Waals surface area contributed by atoms with Gasteiger partial charge >= 0.3 is 0 Å². The smallest absolute Gasteiger partial charge is 0.257 e. The second-order valence-electron chi connectivity index (χ2n) is 10.0. The summed E-state index contributed by atoms with van der Waals surface area (Å²) in [4.78, 5) is 30.0. The van der Waals surface area contributed by atoms with Crippen LogP contribution in [0.1, 0.15) is 61.4 Å². The Morgan fingerprint density at radius 3 is 2.44 bits per heavy atom. The Labute approximate surface area is 227 Å². The highest BCUT2D eigenvalue weighted by Gasteiger charge is 2.29. The monoisotopic (exact) mass is 522 g/mol. The molecule has 0 aliphatic heterocycles. The van der Waals surface area contributed by atoms with E-state index in [-0.39, 0.29) is 18.3 Å². The van der Waals surface area contributed by atoms with Crippen molar-refractivity contribution in [1.29, 1.82) is 0 Å². The van der Waals surface area contributed by atoms with Crippen molar-refractivity contribution in [3.8, 4) is 11.1 Å². The van der Waals surface area contributed by atoms with E-state index in [1.807, 2.05) is 66.7 Å². The molecule has 39 heavy (non-hydrogen) atoms. The van der Waals surface area contributed by atoms with Crippen molar-refractivity contribution in [3.05, 3.63) is 108 Å². The first-order chi connectivity index (χ1) is 18.9. The van der Waals surface area contributed by atoms with Crippen LogP contribution in [0.4, 0.5) is 4.39 Å². The number of benzene rings is 3. The molecule has 0 spiro atoms. The Bertz CT molecular complexity index is 1510. The molecule has 5 nitrogen and oxygen atoms in total. The predicted octanol–water partition coefficient (Wildman–Crippen LogP) is 6.52. The molecule has 1 unspecified atom stereocenters. The summed E-state index contributed by atoms with van der Waals surface area (Å²) in [6.07, 6.45) is 4.66. The van der Waals surface area contributed by atoms with Crippen molar-refractivity contribution in [3.63, 3.8) is 0 Å². The number of nitrogens with one attached hydrogen (secondary N) is 1. The quantitative estimate of drug-likeness (QED) is 0.233. The van der Waals surface area contributed by atoms with Gasteiger partial charge in [0.25, 0.3) is 5.91 Å². The molecule has 1 amide bonds. The van der Waals surface area contributed by atoms with Gasteiger partial charge < -0.3 is 10.4 Å². The number of carbonyl (C=O) groups is 2. The minimum Gasteiger partial charge on any atom is -0.376 e. The van der Waals surface area contributed by atoms with Gasteiger partial charge in [-0.05, 0) is 55.5 Å². The lowest BCUT2D eigenvalue weighted by Crippen LogP contribution is -2.40. The maximum Gasteiger partial charge on any atom is 0.257 e. The van der Waals surface area contributed by atoms with Crippen LogP contribution in [0.15, 0.2) is 84.9 Å². The zero-order valence-corrected chi connectivity index (χ0v) is 21.8. The molecule has 3 aromatic carbocycles. The van der Waals surface area contributed by atoms with Crippen molar-refractivity contribution in [1.82, 2.24) is 10.3 Å². The normalized spacial score (nSPS) is 14.8. The van der Waals surface area contributed by atoms with Gasteiger partial charge in [0.05, 0.1) is 17.3 Å². The molecule has 1 aliphatic carbocycles. The number of aromatic nitrogens is 1. The van der Waals surface area contributed by atoms with Gasteiger partial charge in [0.15, 0.2) is 11.9 Å². The Balaban J connectivity index is 1.33. The van der Waals surface area contributed by atoms with Crippen molar-refractivity contribution in [2.75, 3.05) is 0 Å². The first-order valence-corrected chi connectivity index (χ1v) is 13.3. The van der Waals surface area contributed by atoms with Crippen LogP contribution in [-0.2, 0) is 9.59 Å². The molecule has 1 saturated carbocycles. The van der Waals surface area contributed by atoms with E-state index in [0.29, 0.717) is 12.3 Å². The second-order valence-corrected chi connectivity index (χ2v) is 10.0. The molecule has 1 heterocycles. The van der Waals surface area contributed by atoms with E-state index in [1.165, 1.54) is 12.1 Å². The number of hydrogen-bond donors (Lipinski definition) is 2. The Kier molecular flexibility index (Phi) is 7.94. The number of aliphatic hydroxyl groups is 1. The standard InChI is InChI=1S/C33H31FN2O3/c1-21(22-9-3-2-4-10-22)35-33(39)32(38)29(37)14-8-6-12-27-30(23-17-19-25(34)20-18-23)26-11-5-7-13-28(26)36-31(27)24-15-16-24/h2-7,9-13,17-21,24,32,38H,8,14-16H2,1H3,(H,35,39)/t21-,32?/m0/s1. The maximum atomic E-state index is 13.7. The van der Waals surface area contributed by atoms with Gasteiger partial charge in [0.1, 0.15) is 5.82 Å². The largest absolute Gasteiger partial charge is 0.376 e. The lowest BCUT2D eigenvalue weighted by molar-refractivity contribution is -0.140. The van der Waals surface area contributed by atoms with E-state index in [1.54, 1.807) is 19.1 Å². The fraction of sp³-hybridized carbons (Fsp3) is 0.242. The predicted molar refractivity (Wildman–Crippen MR) is 151 cm³/mol. The van der Waals surface area contributed by atoms with E-state index in [2.05, 4.69) is 5.32 Å². The number of nitrogens with zero attached hydrogens (tertiary/aromatic N) is 1. The highest BCUT2D eigenvalue weighted by Crippen LogP contribution is 2.45. The van der Waals surface area contributed by atoms with Crippen molar-refractivity contribution >= 4 is 28.7 Å². The molecule has 0 saturated heterocycles. The van der Waals surface area contributed by atoms with Crippen LogP contribution in [0.25, 0.3) is 28.1 Å². The van der Waals surface area contributed by atoms with E-state index >= 15 is 0 Å². The number of carbonyl (C=O) groups excluding carboxylic acids is 2. The highest BCUT2D eigenvalue weighted by atomic mass is 19.1. The minimum absolute atomic E-state index is 0.0243. The molecule has 1 aliphatic rings. The summed E-state index contributed by atoms with van der Waals surface area (Å²) >= 11 is 0.